The van der Waals surface area contributed by atoms with Crippen LogP contribution < -0.4 is 9.47 Å². The number of methoxy groups -OCH3 is 1. The first-order valence-electron chi connectivity index (χ1n) is 3.92. The molecule has 0 radical (unpaired) electrons. The monoisotopic (exact) mass is 367 g/mol. The van der Waals surface area contributed by atoms with Crippen molar-refractivity contribution in [3.8, 4) is 11.6 Å². The fraction of sp³-hybridized carbons (Fsp3) is 0.375. The largest absolute Gasteiger partial charge is 0.573 e. The van der Waals surface area contributed by atoms with E-state index >= 15 is 0 Å². The maximum atomic E-state index is 12.1. The van der Waals surface area contributed by atoms with Gasteiger partial charge in [-0.15, -0.1) is 24.8 Å². The maximum absolute atomic E-state index is 12.1. The molecule has 0 aliphatic carbocycles. The molecule has 1 aromatic rings. The highest BCUT2D eigenvalue weighted by atomic mass is 127. The lowest BCUT2D eigenvalue weighted by Crippen LogP contribution is -2.19. The summed E-state index contributed by atoms with van der Waals surface area (Å²) in [5.41, 5.74) is -0.0114. The van der Waals surface area contributed by atoms with E-state index in [1.54, 1.807) is 22.6 Å². The van der Waals surface area contributed by atoms with Crippen LogP contribution in [0.25, 0.3) is 0 Å². The highest BCUT2D eigenvalue weighted by molar-refractivity contribution is 14.1. The van der Waals surface area contributed by atoms with E-state index in [0.717, 1.165) is 0 Å². The molecule has 90 valence electrons. The molecule has 1 rings (SSSR count). The Bertz CT molecular complexity index is 386. The molecule has 0 N–H and O–H groups in total. The zero-order valence-electron chi connectivity index (χ0n) is 7.94. The Morgan fingerprint density at radius 2 is 2.12 bits per heavy atom. The second kappa shape index (κ2) is 5.26. The molecule has 0 unspecified atom stereocenters. The molecule has 3 nitrogen and oxygen atoms in total. The number of halogens is 5. The highest BCUT2D eigenvalue weighted by Gasteiger charge is 2.33. The van der Waals surface area contributed by atoms with Crippen molar-refractivity contribution in [1.82, 2.24) is 4.98 Å². The third-order valence-corrected chi connectivity index (χ3v) is 2.58. The standard InChI is InChI=1S/C8H6ClF3INO2/c1-15-6-2-4(13)7(5(3-9)14-6)16-8(10,11)12/h2H,3H2,1H3. The van der Waals surface area contributed by atoms with E-state index in [1.165, 1.54) is 13.2 Å². The second-order valence-corrected chi connectivity index (χ2v) is 4.03. The minimum absolute atomic E-state index is 0.0114. The summed E-state index contributed by atoms with van der Waals surface area (Å²) in [4.78, 5) is 3.77. The van der Waals surface area contributed by atoms with Crippen molar-refractivity contribution < 1.29 is 22.6 Å². The molecule has 0 saturated carbocycles. The summed E-state index contributed by atoms with van der Waals surface area (Å²) in [5, 5.41) is 0. The third-order valence-electron chi connectivity index (χ3n) is 1.53. The van der Waals surface area contributed by atoms with Crippen LogP contribution in [0.3, 0.4) is 0 Å². The van der Waals surface area contributed by atoms with Gasteiger partial charge >= 0.3 is 6.36 Å². The summed E-state index contributed by atoms with van der Waals surface area (Å²) in [7, 11) is 1.36. The van der Waals surface area contributed by atoms with E-state index in [-0.39, 0.29) is 26.8 Å². The number of ether oxygens (including phenoxy) is 2. The lowest BCUT2D eigenvalue weighted by molar-refractivity contribution is -0.275. The fourth-order valence-corrected chi connectivity index (χ4v) is 1.82. The van der Waals surface area contributed by atoms with Crippen LogP contribution in [0, 0.1) is 3.57 Å². The van der Waals surface area contributed by atoms with Crippen molar-refractivity contribution in [3.05, 3.63) is 15.3 Å². The molecule has 0 aromatic carbocycles. The van der Waals surface area contributed by atoms with Crippen molar-refractivity contribution in [2.75, 3.05) is 7.11 Å². The van der Waals surface area contributed by atoms with Crippen LogP contribution >= 0.6 is 34.2 Å². The lowest BCUT2D eigenvalue weighted by atomic mass is 10.3. The maximum Gasteiger partial charge on any atom is 0.573 e. The van der Waals surface area contributed by atoms with Crippen molar-refractivity contribution in [2.45, 2.75) is 12.2 Å². The smallest absolute Gasteiger partial charge is 0.481 e. The molecule has 0 atom stereocenters. The molecule has 1 heterocycles. The van der Waals surface area contributed by atoms with Gasteiger partial charge in [-0.25, -0.2) is 4.98 Å². The van der Waals surface area contributed by atoms with Gasteiger partial charge in [0.25, 0.3) is 0 Å². The van der Waals surface area contributed by atoms with Gasteiger partial charge in [-0.3, -0.25) is 0 Å². The van der Waals surface area contributed by atoms with Crippen LogP contribution in [0.4, 0.5) is 13.2 Å². The van der Waals surface area contributed by atoms with Crippen LogP contribution in [0.15, 0.2) is 6.07 Å². The van der Waals surface area contributed by atoms with Gasteiger partial charge in [0.1, 0.15) is 5.69 Å². The predicted octanol–water partition coefficient (Wildman–Crippen LogP) is 3.33. The summed E-state index contributed by atoms with van der Waals surface area (Å²) in [6.45, 7) is 0. The van der Waals surface area contributed by atoms with Crippen LogP contribution in [0.2, 0.25) is 0 Å². The summed E-state index contributed by atoms with van der Waals surface area (Å²) >= 11 is 7.19. The normalized spacial score (nSPS) is 11.4. The number of rotatable bonds is 3. The molecule has 0 fully saturated rings. The van der Waals surface area contributed by atoms with Crippen molar-refractivity contribution >= 4 is 34.2 Å². The molecule has 0 saturated heterocycles. The molecular weight excluding hydrogens is 361 g/mol. The average molecular weight is 367 g/mol. The zero-order chi connectivity index (χ0) is 12.3. The number of hydrogen-bond acceptors (Lipinski definition) is 3. The number of alkyl halides is 4. The Balaban J connectivity index is 3.16. The van der Waals surface area contributed by atoms with Crippen molar-refractivity contribution in [1.29, 1.82) is 0 Å². The number of pyridine rings is 1. The first kappa shape index (κ1) is 13.6. The lowest BCUT2D eigenvalue weighted by Gasteiger charge is -2.14. The molecule has 0 aliphatic heterocycles. The van der Waals surface area contributed by atoms with E-state index in [1.807, 2.05) is 0 Å². The van der Waals surface area contributed by atoms with Crippen LogP contribution in [0.1, 0.15) is 5.69 Å². The van der Waals surface area contributed by atoms with Gasteiger partial charge in [-0.2, -0.15) is 0 Å². The van der Waals surface area contributed by atoms with Crippen LogP contribution in [0.5, 0.6) is 11.6 Å². The Labute approximate surface area is 108 Å². The first-order chi connectivity index (χ1) is 7.37. The highest BCUT2D eigenvalue weighted by Crippen LogP contribution is 2.33. The van der Waals surface area contributed by atoms with E-state index in [4.69, 9.17) is 16.3 Å². The molecule has 8 heteroatoms. The van der Waals surface area contributed by atoms with Gasteiger partial charge in [-0.05, 0) is 22.6 Å². The molecule has 0 spiro atoms. The van der Waals surface area contributed by atoms with Crippen LogP contribution in [-0.4, -0.2) is 18.5 Å². The van der Waals surface area contributed by atoms with E-state index in [9.17, 15) is 13.2 Å². The van der Waals surface area contributed by atoms with Gasteiger partial charge < -0.3 is 9.47 Å². The quantitative estimate of drug-likeness (QED) is 0.607. The minimum atomic E-state index is -4.77. The Morgan fingerprint density at radius 3 is 2.56 bits per heavy atom. The Hall–Kier alpha value is -0.440. The van der Waals surface area contributed by atoms with Gasteiger partial charge in [0, 0.05) is 6.07 Å². The topological polar surface area (TPSA) is 31.4 Å². The van der Waals surface area contributed by atoms with Gasteiger partial charge in [0.15, 0.2) is 5.75 Å². The summed E-state index contributed by atoms with van der Waals surface area (Å²) in [5.74, 6) is -0.392. The second-order valence-electron chi connectivity index (χ2n) is 2.60. The molecule has 0 amide bonds. The number of nitrogens with zero attached hydrogens (tertiary/aromatic N) is 1. The molecule has 1 aromatic heterocycles. The first-order valence-corrected chi connectivity index (χ1v) is 5.54. The van der Waals surface area contributed by atoms with Crippen molar-refractivity contribution in [2.24, 2.45) is 0 Å². The summed E-state index contributed by atoms with van der Waals surface area (Å²) < 4.78 is 45.2. The third kappa shape index (κ3) is 3.55. The summed E-state index contributed by atoms with van der Waals surface area (Å²) in [6.07, 6.45) is -4.77. The van der Waals surface area contributed by atoms with E-state index in [2.05, 4.69) is 9.72 Å². The fourth-order valence-electron chi connectivity index (χ4n) is 0.946. The Morgan fingerprint density at radius 1 is 1.50 bits per heavy atom. The molecule has 16 heavy (non-hydrogen) atoms. The molecule has 0 bridgehead atoms. The van der Waals surface area contributed by atoms with Gasteiger partial charge in [0.05, 0.1) is 16.6 Å². The summed E-state index contributed by atoms with van der Waals surface area (Å²) in [6, 6.07) is 1.33. The minimum Gasteiger partial charge on any atom is -0.481 e. The van der Waals surface area contributed by atoms with Gasteiger partial charge in [-0.1, -0.05) is 0 Å². The zero-order valence-corrected chi connectivity index (χ0v) is 10.9. The molecule has 0 aliphatic rings. The molecular formula is C8H6ClF3INO2. The number of hydrogen-bond donors (Lipinski definition) is 0. The van der Waals surface area contributed by atoms with Crippen molar-refractivity contribution in [3.63, 3.8) is 0 Å². The Kier molecular flexibility index (Phi) is 4.48. The predicted molar refractivity (Wildman–Crippen MR) is 59.7 cm³/mol. The van der Waals surface area contributed by atoms with E-state index < -0.39 is 6.36 Å². The van der Waals surface area contributed by atoms with Crippen LogP contribution in [-0.2, 0) is 5.88 Å². The van der Waals surface area contributed by atoms with Gasteiger partial charge in [0.2, 0.25) is 5.88 Å². The number of aromatic nitrogens is 1. The van der Waals surface area contributed by atoms with E-state index in [0.29, 0.717) is 0 Å². The SMILES string of the molecule is COc1cc(I)c(OC(F)(F)F)c(CCl)n1. The average Bonchev–Trinajstić information content (AvgIpc) is 2.19.